The number of ether oxygens (including phenoxy) is 1. The fourth-order valence-corrected chi connectivity index (χ4v) is 4.28. The summed E-state index contributed by atoms with van der Waals surface area (Å²) in [6.45, 7) is 6.94. The van der Waals surface area contributed by atoms with Crippen molar-refractivity contribution >= 4 is 5.91 Å². The average Bonchev–Trinajstić information content (AvgIpc) is 3.62. The van der Waals surface area contributed by atoms with E-state index in [2.05, 4.69) is 25.3 Å². The molecule has 1 unspecified atom stereocenters. The number of amides is 1. The number of nitrogens with zero attached hydrogens (tertiary/aromatic N) is 7. The lowest BCUT2D eigenvalue weighted by molar-refractivity contribution is 0.0709. The van der Waals surface area contributed by atoms with Crippen LogP contribution in [-0.2, 0) is 0 Å². The highest BCUT2D eigenvalue weighted by molar-refractivity contribution is 5.98. The molecular formula is C24H25N7O3. The molecule has 1 atom stereocenters. The second-order valence-corrected chi connectivity index (χ2v) is 8.12. The van der Waals surface area contributed by atoms with E-state index in [0.717, 1.165) is 24.0 Å². The predicted octanol–water partition coefficient (Wildman–Crippen LogP) is 3.71. The van der Waals surface area contributed by atoms with Gasteiger partial charge in [-0.15, -0.1) is 0 Å². The summed E-state index contributed by atoms with van der Waals surface area (Å²) >= 11 is 0. The third kappa shape index (κ3) is 3.81. The Morgan fingerprint density at radius 1 is 1.18 bits per heavy atom. The van der Waals surface area contributed by atoms with Crippen LogP contribution < -0.4 is 4.74 Å². The Balaban J connectivity index is 1.48. The molecule has 3 aromatic heterocycles. The molecule has 5 rings (SSSR count). The van der Waals surface area contributed by atoms with Crippen LogP contribution in [0, 0.1) is 13.8 Å². The van der Waals surface area contributed by atoms with Gasteiger partial charge in [-0.3, -0.25) is 4.79 Å². The van der Waals surface area contributed by atoms with Crippen molar-refractivity contribution in [2.24, 2.45) is 0 Å². The van der Waals surface area contributed by atoms with Gasteiger partial charge in [-0.1, -0.05) is 11.2 Å². The van der Waals surface area contributed by atoms with Crippen molar-refractivity contribution in [2.75, 3.05) is 13.2 Å². The van der Waals surface area contributed by atoms with Gasteiger partial charge in [-0.2, -0.15) is 20.0 Å². The molecule has 4 aromatic rings. The summed E-state index contributed by atoms with van der Waals surface area (Å²) in [6.07, 6.45) is 6.43. The lowest BCUT2D eigenvalue weighted by Gasteiger charge is -2.24. The number of aromatic nitrogens is 6. The topological polar surface area (TPSA) is 112 Å². The van der Waals surface area contributed by atoms with Crippen molar-refractivity contribution in [1.82, 2.24) is 35.0 Å². The van der Waals surface area contributed by atoms with E-state index in [1.807, 2.05) is 39.0 Å². The smallest absolute Gasteiger partial charge is 0.256 e. The number of pyridine rings is 1. The van der Waals surface area contributed by atoms with E-state index in [9.17, 15) is 4.79 Å². The van der Waals surface area contributed by atoms with Crippen LogP contribution in [0.25, 0.3) is 17.1 Å². The van der Waals surface area contributed by atoms with Crippen molar-refractivity contribution in [3.8, 4) is 23.0 Å². The van der Waals surface area contributed by atoms with Crippen LogP contribution in [0.5, 0.6) is 5.88 Å². The second kappa shape index (κ2) is 9.05. The molecule has 0 N–H and O–H groups in total. The first-order valence-corrected chi connectivity index (χ1v) is 11.3. The molecule has 1 aliphatic rings. The van der Waals surface area contributed by atoms with Gasteiger partial charge in [-0.25, -0.2) is 4.98 Å². The van der Waals surface area contributed by atoms with Crippen LogP contribution in [-0.4, -0.2) is 54.1 Å². The van der Waals surface area contributed by atoms with E-state index in [1.54, 1.807) is 29.6 Å². The summed E-state index contributed by atoms with van der Waals surface area (Å²) < 4.78 is 11.2. The summed E-state index contributed by atoms with van der Waals surface area (Å²) in [5, 5.41) is 12.7. The molecule has 34 heavy (non-hydrogen) atoms. The van der Waals surface area contributed by atoms with Crippen molar-refractivity contribution in [1.29, 1.82) is 0 Å². The van der Waals surface area contributed by atoms with Gasteiger partial charge in [0.1, 0.15) is 11.7 Å². The number of benzene rings is 1. The van der Waals surface area contributed by atoms with Crippen molar-refractivity contribution in [3.63, 3.8) is 0 Å². The quantitative estimate of drug-likeness (QED) is 0.429. The molecule has 1 aromatic carbocycles. The van der Waals surface area contributed by atoms with Crippen molar-refractivity contribution in [3.05, 3.63) is 65.4 Å². The highest BCUT2D eigenvalue weighted by Gasteiger charge is 2.36. The van der Waals surface area contributed by atoms with Crippen LogP contribution in [0.3, 0.4) is 0 Å². The number of hydrogen-bond donors (Lipinski definition) is 0. The van der Waals surface area contributed by atoms with Crippen LogP contribution in [0.4, 0.5) is 0 Å². The molecule has 1 amide bonds. The minimum Gasteiger partial charge on any atom is -0.477 e. The predicted molar refractivity (Wildman–Crippen MR) is 123 cm³/mol. The van der Waals surface area contributed by atoms with Crippen molar-refractivity contribution in [2.45, 2.75) is 39.7 Å². The maximum atomic E-state index is 13.8. The zero-order valence-electron chi connectivity index (χ0n) is 19.3. The van der Waals surface area contributed by atoms with E-state index >= 15 is 0 Å². The highest BCUT2D eigenvalue weighted by Crippen LogP contribution is 2.35. The van der Waals surface area contributed by atoms with Gasteiger partial charge in [0.05, 0.1) is 30.1 Å². The first kappa shape index (κ1) is 21.7. The molecule has 4 heterocycles. The molecule has 0 bridgehead atoms. The molecule has 0 radical (unpaired) electrons. The van der Waals surface area contributed by atoms with E-state index < -0.39 is 0 Å². The van der Waals surface area contributed by atoms with Gasteiger partial charge < -0.3 is 14.2 Å². The molecule has 0 spiro atoms. The molecule has 1 fully saturated rings. The zero-order chi connectivity index (χ0) is 23.7. The van der Waals surface area contributed by atoms with Gasteiger partial charge in [0.2, 0.25) is 17.6 Å². The van der Waals surface area contributed by atoms with Crippen LogP contribution in [0.15, 0.2) is 47.4 Å². The van der Waals surface area contributed by atoms with Gasteiger partial charge in [-0.05, 0) is 62.9 Å². The molecule has 1 saturated heterocycles. The van der Waals surface area contributed by atoms with Gasteiger partial charge in [0.25, 0.3) is 5.91 Å². The summed E-state index contributed by atoms with van der Waals surface area (Å²) in [6, 6.07) is 7.10. The summed E-state index contributed by atoms with van der Waals surface area (Å²) in [7, 11) is 0. The van der Waals surface area contributed by atoms with Crippen LogP contribution in [0.1, 0.15) is 53.2 Å². The Morgan fingerprint density at radius 2 is 2.00 bits per heavy atom. The number of likely N-dealkylation sites (tertiary alicyclic amines) is 1. The fraction of sp³-hybridized carbons (Fsp3) is 0.333. The molecule has 1 aliphatic heterocycles. The fourth-order valence-electron chi connectivity index (χ4n) is 4.28. The highest BCUT2D eigenvalue weighted by atomic mass is 16.5. The third-order valence-corrected chi connectivity index (χ3v) is 6.08. The van der Waals surface area contributed by atoms with E-state index in [-0.39, 0.29) is 11.9 Å². The van der Waals surface area contributed by atoms with Crippen LogP contribution >= 0.6 is 0 Å². The molecular weight excluding hydrogens is 434 g/mol. The average molecular weight is 460 g/mol. The monoisotopic (exact) mass is 459 g/mol. The van der Waals surface area contributed by atoms with Gasteiger partial charge >= 0.3 is 0 Å². The SMILES string of the molecule is CCOc1ncccc1-c1noc(C2CCCN2C(=O)c2ccc(C)c(C)c2-n2nccn2)n1. The normalized spacial score (nSPS) is 15.6. The number of carbonyl (C=O) groups excluding carboxylic acids is 1. The Bertz CT molecular complexity index is 1320. The minimum atomic E-state index is -0.319. The van der Waals surface area contributed by atoms with Crippen LogP contribution in [0.2, 0.25) is 0 Å². The number of hydrogen-bond acceptors (Lipinski definition) is 8. The number of rotatable bonds is 6. The molecule has 10 nitrogen and oxygen atoms in total. The first-order chi connectivity index (χ1) is 16.6. The molecule has 10 heteroatoms. The summed E-state index contributed by atoms with van der Waals surface area (Å²) in [5.74, 6) is 1.12. The minimum absolute atomic E-state index is 0.117. The Labute approximate surface area is 196 Å². The van der Waals surface area contributed by atoms with E-state index in [0.29, 0.717) is 47.6 Å². The third-order valence-electron chi connectivity index (χ3n) is 6.08. The Morgan fingerprint density at radius 3 is 2.79 bits per heavy atom. The summed E-state index contributed by atoms with van der Waals surface area (Å²) in [5.41, 5.74) is 3.89. The van der Waals surface area contributed by atoms with E-state index in [1.165, 1.54) is 4.80 Å². The molecule has 0 saturated carbocycles. The largest absolute Gasteiger partial charge is 0.477 e. The lowest BCUT2D eigenvalue weighted by Crippen LogP contribution is -2.32. The first-order valence-electron chi connectivity index (χ1n) is 11.3. The lowest BCUT2D eigenvalue weighted by atomic mass is 10.0. The Hall–Kier alpha value is -4.08. The van der Waals surface area contributed by atoms with Crippen molar-refractivity contribution < 1.29 is 14.1 Å². The van der Waals surface area contributed by atoms with Gasteiger partial charge in [0.15, 0.2) is 0 Å². The number of carbonyl (C=O) groups is 1. The standard InChI is InChI=1S/C24H25N7O3/c1-4-33-22-18(7-5-11-25-22)21-28-23(34-29-21)19-8-6-14-30(19)24(32)17-10-9-15(2)16(3)20(17)31-26-12-13-27-31/h5,7,9-13,19H,4,6,8,14H2,1-3H3. The maximum Gasteiger partial charge on any atom is 0.256 e. The number of aryl methyl sites for hydroxylation is 1. The van der Waals surface area contributed by atoms with E-state index in [4.69, 9.17) is 9.26 Å². The zero-order valence-corrected chi connectivity index (χ0v) is 19.3. The molecule has 174 valence electrons. The Kier molecular flexibility index (Phi) is 5.79. The second-order valence-electron chi connectivity index (χ2n) is 8.12. The van der Waals surface area contributed by atoms with Gasteiger partial charge in [0, 0.05) is 12.7 Å². The maximum absolute atomic E-state index is 13.8. The summed E-state index contributed by atoms with van der Waals surface area (Å²) in [4.78, 5) is 25.9. The molecule has 0 aliphatic carbocycles.